The first kappa shape index (κ1) is 22.7. The van der Waals surface area contributed by atoms with Gasteiger partial charge in [-0.25, -0.2) is 8.96 Å². The average molecular weight is 463 g/mol. The van der Waals surface area contributed by atoms with E-state index in [9.17, 15) is 24.5 Å². The molecule has 1 heterocycles. The van der Waals surface area contributed by atoms with Crippen molar-refractivity contribution in [3.63, 3.8) is 0 Å². The minimum Gasteiger partial charge on any atom is -0.507 e. The van der Waals surface area contributed by atoms with E-state index < -0.39 is 17.7 Å². The van der Waals surface area contributed by atoms with E-state index in [1.165, 1.54) is 34.7 Å². The van der Waals surface area contributed by atoms with E-state index >= 15 is 0 Å². The average Bonchev–Trinajstić information content (AvgIpc) is 3.21. The summed E-state index contributed by atoms with van der Waals surface area (Å²) >= 11 is 0. The van der Waals surface area contributed by atoms with E-state index in [2.05, 4.69) is 10.2 Å². The predicted octanol–water partition coefficient (Wildman–Crippen LogP) is 2.92. The lowest BCUT2D eigenvalue weighted by molar-refractivity contribution is 0.0782. The van der Waals surface area contributed by atoms with Gasteiger partial charge in [0.05, 0.1) is 16.8 Å². The summed E-state index contributed by atoms with van der Waals surface area (Å²) in [4.78, 5) is 14.4. The van der Waals surface area contributed by atoms with E-state index in [1.807, 2.05) is 6.07 Å². The smallest absolute Gasteiger partial charge is 0.319 e. The molecule has 174 valence electrons. The standard InChI is InChI=1S/C24H22FN5O4/c1-29(13-14-5-7-16(25)8-6-14)23(33)19-10-18(20(31)11-21(19)32)22-27-28-24(34)30(22)17-4-2-3-15(9-17)12-26/h2-11,31-32H,12-13,26H2,1H3,(H,28,34). The number of amides is 1. The number of halogens is 1. The maximum Gasteiger partial charge on any atom is 0.319 e. The number of aromatic nitrogens is 3. The number of nitrogens with two attached hydrogens (primary N) is 1. The third-order valence-corrected chi connectivity index (χ3v) is 5.32. The van der Waals surface area contributed by atoms with Crippen molar-refractivity contribution in [2.24, 2.45) is 5.73 Å². The van der Waals surface area contributed by atoms with Crippen LogP contribution in [-0.2, 0) is 13.1 Å². The number of rotatable bonds is 6. The van der Waals surface area contributed by atoms with Gasteiger partial charge in [-0.1, -0.05) is 29.4 Å². The Morgan fingerprint density at radius 1 is 1.00 bits per heavy atom. The number of benzene rings is 3. The molecule has 0 fully saturated rings. The molecule has 0 bridgehead atoms. The van der Waals surface area contributed by atoms with Crippen LogP contribution in [0.2, 0.25) is 0 Å². The van der Waals surface area contributed by atoms with Crippen LogP contribution >= 0.6 is 0 Å². The Kier molecular flexibility index (Phi) is 6.15. The van der Waals surface area contributed by atoms with E-state index in [4.69, 9.17) is 5.73 Å². The topological polar surface area (TPSA) is 138 Å². The molecule has 0 spiro atoms. The van der Waals surface area contributed by atoms with Crippen LogP contribution in [-0.4, -0.2) is 47.9 Å². The van der Waals surface area contributed by atoms with Gasteiger partial charge in [0.15, 0.2) is 5.82 Å². The molecule has 0 aliphatic carbocycles. The SMILES string of the molecule is CN(Cc1ccc(F)cc1)C(=O)c1cc(-c2nnc(O)n2-c2cccc(CN)c2)c(O)cc1O. The van der Waals surface area contributed by atoms with Gasteiger partial charge in [0.1, 0.15) is 17.3 Å². The van der Waals surface area contributed by atoms with Crippen molar-refractivity contribution in [2.45, 2.75) is 13.1 Å². The molecule has 0 aliphatic heterocycles. The second kappa shape index (κ2) is 9.20. The Hall–Kier alpha value is -4.44. The highest BCUT2D eigenvalue weighted by Crippen LogP contribution is 2.37. The summed E-state index contributed by atoms with van der Waals surface area (Å²) in [7, 11) is 1.53. The molecule has 4 rings (SSSR count). The maximum atomic E-state index is 13.2. The summed E-state index contributed by atoms with van der Waals surface area (Å²) in [5, 5.41) is 38.9. The number of phenols is 2. The van der Waals surface area contributed by atoms with Crippen molar-refractivity contribution in [1.29, 1.82) is 0 Å². The lowest BCUT2D eigenvalue weighted by atomic mass is 10.1. The lowest BCUT2D eigenvalue weighted by Crippen LogP contribution is -2.26. The van der Waals surface area contributed by atoms with Gasteiger partial charge >= 0.3 is 6.01 Å². The zero-order valence-electron chi connectivity index (χ0n) is 18.2. The Bertz CT molecular complexity index is 1350. The van der Waals surface area contributed by atoms with Gasteiger partial charge in [0, 0.05) is 26.2 Å². The third-order valence-electron chi connectivity index (χ3n) is 5.32. The Labute approximate surface area is 194 Å². The van der Waals surface area contributed by atoms with Crippen LogP contribution in [0.1, 0.15) is 21.5 Å². The zero-order valence-corrected chi connectivity index (χ0v) is 18.2. The second-order valence-corrected chi connectivity index (χ2v) is 7.71. The van der Waals surface area contributed by atoms with Crippen molar-refractivity contribution in [1.82, 2.24) is 19.7 Å². The number of nitrogens with zero attached hydrogens (tertiary/aromatic N) is 4. The molecule has 5 N–H and O–H groups in total. The molecular formula is C24H22FN5O4. The number of phenolic OH excluding ortho intramolecular Hbond substituents is 2. The number of hydrogen-bond acceptors (Lipinski definition) is 7. The van der Waals surface area contributed by atoms with Crippen molar-refractivity contribution < 1.29 is 24.5 Å². The first-order valence-corrected chi connectivity index (χ1v) is 10.3. The first-order valence-electron chi connectivity index (χ1n) is 10.3. The molecule has 0 saturated heterocycles. The highest BCUT2D eigenvalue weighted by atomic mass is 19.1. The molecule has 34 heavy (non-hydrogen) atoms. The molecule has 0 radical (unpaired) electrons. The highest BCUT2D eigenvalue weighted by molar-refractivity contribution is 5.98. The molecule has 4 aromatic rings. The van der Waals surface area contributed by atoms with Gasteiger partial charge in [-0.2, -0.15) is 0 Å². The fraction of sp³-hybridized carbons (Fsp3) is 0.125. The fourth-order valence-electron chi connectivity index (χ4n) is 3.58. The van der Waals surface area contributed by atoms with Crippen LogP contribution in [0.4, 0.5) is 4.39 Å². The summed E-state index contributed by atoms with van der Waals surface area (Å²) < 4.78 is 14.5. The molecule has 1 amide bonds. The summed E-state index contributed by atoms with van der Waals surface area (Å²) in [6.45, 7) is 0.438. The van der Waals surface area contributed by atoms with Crippen LogP contribution in [0.5, 0.6) is 17.5 Å². The van der Waals surface area contributed by atoms with Gasteiger partial charge in [-0.05, 0) is 41.5 Å². The van der Waals surface area contributed by atoms with Gasteiger partial charge in [-0.3, -0.25) is 4.79 Å². The molecule has 0 unspecified atom stereocenters. The molecule has 3 aromatic carbocycles. The van der Waals surface area contributed by atoms with Gasteiger partial charge in [-0.15, -0.1) is 5.10 Å². The fourth-order valence-corrected chi connectivity index (χ4v) is 3.58. The first-order chi connectivity index (χ1) is 16.3. The molecule has 0 atom stereocenters. The van der Waals surface area contributed by atoms with Gasteiger partial charge < -0.3 is 26.0 Å². The lowest BCUT2D eigenvalue weighted by Gasteiger charge is -2.19. The second-order valence-electron chi connectivity index (χ2n) is 7.71. The maximum absolute atomic E-state index is 13.2. The van der Waals surface area contributed by atoms with E-state index in [1.54, 1.807) is 30.3 Å². The summed E-state index contributed by atoms with van der Waals surface area (Å²) in [5.41, 5.74) is 7.67. The van der Waals surface area contributed by atoms with Gasteiger partial charge in [0.2, 0.25) is 0 Å². The predicted molar refractivity (Wildman–Crippen MR) is 122 cm³/mol. The number of carbonyl (C=O) groups excluding carboxylic acids is 1. The van der Waals surface area contributed by atoms with Gasteiger partial charge in [0.25, 0.3) is 5.91 Å². The molecule has 1 aromatic heterocycles. The minimum atomic E-state index is -0.538. The van der Waals surface area contributed by atoms with Crippen LogP contribution in [0.15, 0.2) is 60.7 Å². The van der Waals surface area contributed by atoms with Crippen molar-refractivity contribution in [2.75, 3.05) is 7.05 Å². The van der Waals surface area contributed by atoms with E-state index in [0.29, 0.717) is 11.3 Å². The summed E-state index contributed by atoms with van der Waals surface area (Å²) in [6, 6.07) is 14.6. The molecule has 9 nitrogen and oxygen atoms in total. The van der Waals surface area contributed by atoms with Crippen LogP contribution in [0.3, 0.4) is 0 Å². The normalized spacial score (nSPS) is 10.9. The quantitative estimate of drug-likeness (QED) is 0.345. The Balaban J connectivity index is 1.73. The minimum absolute atomic E-state index is 0.0550. The zero-order chi connectivity index (χ0) is 24.4. The summed E-state index contributed by atoms with van der Waals surface area (Å²) in [5.74, 6) is -1.66. The van der Waals surface area contributed by atoms with Crippen molar-refractivity contribution >= 4 is 5.91 Å². The number of carbonyl (C=O) groups is 1. The summed E-state index contributed by atoms with van der Waals surface area (Å²) in [6.07, 6.45) is 0. The van der Waals surface area contributed by atoms with Crippen molar-refractivity contribution in [3.8, 4) is 34.6 Å². The van der Waals surface area contributed by atoms with Crippen LogP contribution in [0.25, 0.3) is 17.1 Å². The molecular weight excluding hydrogens is 441 g/mol. The van der Waals surface area contributed by atoms with E-state index in [-0.39, 0.29) is 41.6 Å². The number of hydrogen-bond donors (Lipinski definition) is 4. The van der Waals surface area contributed by atoms with Crippen LogP contribution in [0, 0.1) is 5.82 Å². The number of aromatic hydroxyl groups is 3. The Morgan fingerprint density at radius 3 is 2.44 bits per heavy atom. The monoisotopic (exact) mass is 463 g/mol. The highest BCUT2D eigenvalue weighted by Gasteiger charge is 2.24. The molecule has 10 heteroatoms. The molecule has 0 saturated carbocycles. The molecule has 0 aliphatic rings. The Morgan fingerprint density at radius 2 is 1.74 bits per heavy atom. The van der Waals surface area contributed by atoms with E-state index in [0.717, 1.165) is 11.6 Å². The largest absolute Gasteiger partial charge is 0.507 e. The van der Waals surface area contributed by atoms with Crippen LogP contribution < -0.4 is 5.73 Å². The van der Waals surface area contributed by atoms with Crippen molar-refractivity contribution in [3.05, 3.63) is 83.2 Å². The third kappa shape index (κ3) is 4.39.